The summed E-state index contributed by atoms with van der Waals surface area (Å²) >= 11 is 0. The van der Waals surface area contributed by atoms with Crippen LogP contribution < -0.4 is 5.32 Å². The molecule has 2 aliphatic heterocycles. The number of nitrogens with one attached hydrogen (secondary N) is 1. The van der Waals surface area contributed by atoms with Crippen LogP contribution in [-0.2, 0) is 9.47 Å². The summed E-state index contributed by atoms with van der Waals surface area (Å²) in [4.78, 5) is 2.41. The Hall–Kier alpha value is -0.240. The van der Waals surface area contributed by atoms with E-state index >= 15 is 0 Å². The van der Waals surface area contributed by atoms with E-state index in [4.69, 9.17) is 9.47 Å². The second-order valence-corrected chi connectivity index (χ2v) is 9.21. The summed E-state index contributed by atoms with van der Waals surface area (Å²) in [6.07, 6.45) is 6.70. The van der Waals surface area contributed by atoms with Crippen molar-refractivity contribution in [2.45, 2.75) is 82.5 Å². The van der Waals surface area contributed by atoms with Crippen LogP contribution in [0.15, 0.2) is 0 Å². The Labute approximate surface area is 158 Å². The molecule has 6 heteroatoms. The minimum atomic E-state index is -1.11. The summed E-state index contributed by atoms with van der Waals surface area (Å²) in [5.74, 6) is 1.22. The minimum absolute atomic E-state index is 0.195. The van der Waals surface area contributed by atoms with Gasteiger partial charge in [-0.2, -0.15) is 0 Å². The zero-order valence-corrected chi connectivity index (χ0v) is 16.7. The number of aliphatic hydroxyl groups is 2. The largest absolute Gasteiger partial charge is 0.388 e. The number of likely N-dealkylation sites (tertiary alicyclic amines) is 1. The van der Waals surface area contributed by atoms with Gasteiger partial charge >= 0.3 is 0 Å². The van der Waals surface area contributed by atoms with E-state index in [2.05, 4.69) is 17.3 Å². The van der Waals surface area contributed by atoms with E-state index in [1.54, 1.807) is 13.8 Å². The molecule has 1 saturated carbocycles. The average Bonchev–Trinajstić information content (AvgIpc) is 3.09. The molecule has 6 nitrogen and oxygen atoms in total. The highest BCUT2D eigenvalue weighted by molar-refractivity contribution is 4.88. The van der Waals surface area contributed by atoms with Gasteiger partial charge in [0.15, 0.2) is 0 Å². The number of nitrogens with zero attached hydrogens (tertiary/aromatic N) is 1. The van der Waals surface area contributed by atoms with Gasteiger partial charge in [-0.15, -0.1) is 0 Å². The molecule has 4 atom stereocenters. The van der Waals surface area contributed by atoms with Gasteiger partial charge in [0.2, 0.25) is 0 Å². The van der Waals surface area contributed by atoms with E-state index in [9.17, 15) is 10.2 Å². The molecule has 152 valence electrons. The Kier molecular flexibility index (Phi) is 6.97. The Morgan fingerprint density at radius 2 is 1.92 bits per heavy atom. The lowest BCUT2D eigenvalue weighted by atomic mass is 9.83. The summed E-state index contributed by atoms with van der Waals surface area (Å²) < 4.78 is 12.3. The van der Waals surface area contributed by atoms with Crippen LogP contribution in [0.4, 0.5) is 0 Å². The molecule has 0 aromatic heterocycles. The predicted molar refractivity (Wildman–Crippen MR) is 101 cm³/mol. The van der Waals surface area contributed by atoms with Crippen molar-refractivity contribution in [3.05, 3.63) is 0 Å². The molecule has 26 heavy (non-hydrogen) atoms. The fourth-order valence-corrected chi connectivity index (χ4v) is 4.58. The third kappa shape index (κ3) is 5.40. The van der Waals surface area contributed by atoms with E-state index in [1.807, 2.05) is 0 Å². The number of hydrogen-bond donors (Lipinski definition) is 3. The van der Waals surface area contributed by atoms with E-state index in [1.165, 1.54) is 19.4 Å². The molecule has 3 aliphatic rings. The van der Waals surface area contributed by atoms with Crippen molar-refractivity contribution in [3.8, 4) is 0 Å². The molecule has 0 aromatic rings. The molecule has 2 saturated heterocycles. The second kappa shape index (κ2) is 8.84. The molecule has 0 bridgehead atoms. The SMILES string of the molecule is CN1CCCC(C2NCC(C3CCC(OC[C@H](O)C(C)(C)O)CC3)O2)C1. The molecule has 3 rings (SSSR count). The number of aliphatic hydroxyl groups excluding tert-OH is 1. The highest BCUT2D eigenvalue weighted by atomic mass is 16.5. The van der Waals surface area contributed by atoms with Gasteiger partial charge in [-0.3, -0.25) is 5.32 Å². The third-order valence-corrected chi connectivity index (χ3v) is 6.48. The van der Waals surface area contributed by atoms with Gasteiger partial charge in [0.05, 0.1) is 24.4 Å². The molecular formula is C20H38N2O4. The topological polar surface area (TPSA) is 74.2 Å². The highest BCUT2D eigenvalue weighted by Crippen LogP contribution is 2.33. The van der Waals surface area contributed by atoms with Crippen molar-refractivity contribution < 1.29 is 19.7 Å². The number of ether oxygens (including phenoxy) is 2. The zero-order chi connectivity index (χ0) is 18.7. The maximum Gasteiger partial charge on any atom is 0.112 e. The summed E-state index contributed by atoms with van der Waals surface area (Å²) in [7, 11) is 2.20. The fraction of sp³-hybridized carbons (Fsp3) is 1.00. The standard InChI is InChI=1S/C20H38N2O4/c1-20(2,24)18(23)13-25-16-8-6-14(7-9-16)17-11-21-19(26-17)15-5-4-10-22(3)12-15/h14-19,21,23-24H,4-13H2,1-3H3/t14?,15?,16?,17?,18-,19?/m0/s1. The lowest BCUT2D eigenvalue weighted by molar-refractivity contribution is -0.109. The first-order chi connectivity index (χ1) is 12.3. The van der Waals surface area contributed by atoms with E-state index < -0.39 is 11.7 Å². The van der Waals surface area contributed by atoms with Crippen molar-refractivity contribution in [1.82, 2.24) is 10.2 Å². The molecule has 1 aliphatic carbocycles. The molecule has 3 unspecified atom stereocenters. The Balaban J connectivity index is 1.37. The predicted octanol–water partition coefficient (Wildman–Crippen LogP) is 1.35. The lowest BCUT2D eigenvalue weighted by Gasteiger charge is -2.35. The van der Waals surface area contributed by atoms with Gasteiger partial charge in [0.25, 0.3) is 0 Å². The van der Waals surface area contributed by atoms with E-state index in [0.29, 0.717) is 17.9 Å². The highest BCUT2D eigenvalue weighted by Gasteiger charge is 2.38. The van der Waals surface area contributed by atoms with Crippen LogP contribution in [0.2, 0.25) is 0 Å². The number of hydrogen-bond acceptors (Lipinski definition) is 6. The lowest BCUT2D eigenvalue weighted by Crippen LogP contribution is -2.42. The summed E-state index contributed by atoms with van der Waals surface area (Å²) in [5, 5.41) is 23.3. The van der Waals surface area contributed by atoms with Gasteiger partial charge < -0.3 is 24.6 Å². The van der Waals surface area contributed by atoms with E-state index in [-0.39, 0.29) is 18.9 Å². The number of rotatable bonds is 6. The first-order valence-corrected chi connectivity index (χ1v) is 10.4. The van der Waals surface area contributed by atoms with E-state index in [0.717, 1.165) is 38.8 Å². The van der Waals surface area contributed by atoms with Crippen molar-refractivity contribution >= 4 is 0 Å². The summed E-state index contributed by atoms with van der Waals surface area (Å²) in [5.41, 5.74) is -1.11. The first kappa shape index (κ1) is 20.5. The molecule has 0 aromatic carbocycles. The minimum Gasteiger partial charge on any atom is -0.388 e. The Bertz CT molecular complexity index is 434. The average molecular weight is 371 g/mol. The third-order valence-electron chi connectivity index (χ3n) is 6.48. The van der Waals surface area contributed by atoms with Crippen LogP contribution in [0.1, 0.15) is 52.4 Å². The smallest absolute Gasteiger partial charge is 0.112 e. The number of piperidine rings is 1. The molecule has 3 fully saturated rings. The monoisotopic (exact) mass is 370 g/mol. The van der Waals surface area contributed by atoms with Crippen molar-refractivity contribution in [1.29, 1.82) is 0 Å². The van der Waals surface area contributed by atoms with Crippen molar-refractivity contribution in [2.24, 2.45) is 11.8 Å². The first-order valence-electron chi connectivity index (χ1n) is 10.4. The molecule has 2 heterocycles. The molecule has 0 spiro atoms. The normalized spacial score (nSPS) is 38.4. The van der Waals surface area contributed by atoms with Crippen LogP contribution in [-0.4, -0.2) is 78.5 Å². The second-order valence-electron chi connectivity index (χ2n) is 9.21. The summed E-state index contributed by atoms with van der Waals surface area (Å²) in [6.45, 7) is 6.75. The van der Waals surface area contributed by atoms with Gasteiger partial charge in [0, 0.05) is 19.0 Å². The molecule has 3 N–H and O–H groups in total. The van der Waals surface area contributed by atoms with Crippen LogP contribution in [0.25, 0.3) is 0 Å². The Morgan fingerprint density at radius 1 is 1.19 bits per heavy atom. The fourth-order valence-electron chi connectivity index (χ4n) is 4.58. The molecular weight excluding hydrogens is 332 g/mol. The van der Waals surface area contributed by atoms with Crippen molar-refractivity contribution in [2.75, 3.05) is 33.3 Å². The summed E-state index contributed by atoms with van der Waals surface area (Å²) in [6, 6.07) is 0. The maximum absolute atomic E-state index is 9.91. The molecule has 0 radical (unpaired) electrons. The molecule has 0 amide bonds. The quantitative estimate of drug-likeness (QED) is 0.655. The zero-order valence-electron chi connectivity index (χ0n) is 16.7. The van der Waals surface area contributed by atoms with Gasteiger partial charge in [-0.05, 0) is 71.9 Å². The van der Waals surface area contributed by atoms with Crippen LogP contribution in [0.5, 0.6) is 0 Å². The maximum atomic E-state index is 9.91. The van der Waals surface area contributed by atoms with Gasteiger partial charge in [-0.25, -0.2) is 0 Å². The van der Waals surface area contributed by atoms with Gasteiger partial charge in [0.1, 0.15) is 12.3 Å². The van der Waals surface area contributed by atoms with Crippen LogP contribution >= 0.6 is 0 Å². The Morgan fingerprint density at radius 3 is 2.58 bits per heavy atom. The van der Waals surface area contributed by atoms with Crippen LogP contribution in [0.3, 0.4) is 0 Å². The van der Waals surface area contributed by atoms with Crippen LogP contribution in [0, 0.1) is 11.8 Å². The van der Waals surface area contributed by atoms with Gasteiger partial charge in [-0.1, -0.05) is 0 Å². The van der Waals surface area contributed by atoms with Crippen molar-refractivity contribution in [3.63, 3.8) is 0 Å².